The fourth-order valence-corrected chi connectivity index (χ4v) is 7.51. The number of rotatable bonds is 9. The number of likely N-dealkylation sites (N-methyl/N-ethyl adjacent to an activating group) is 1. The fraction of sp³-hybridized carbons (Fsp3) is 0.342. The Morgan fingerprint density at radius 2 is 1.48 bits per heavy atom. The second-order valence-electron chi connectivity index (χ2n) is 13.4. The average Bonchev–Trinajstić information content (AvgIpc) is 3.96. The second-order valence-corrected chi connectivity index (χ2v) is 14.2. The lowest BCUT2D eigenvalue weighted by Crippen LogP contribution is -2.44. The lowest BCUT2D eigenvalue weighted by Gasteiger charge is -2.33. The van der Waals surface area contributed by atoms with Crippen molar-refractivity contribution in [1.82, 2.24) is 19.8 Å². The summed E-state index contributed by atoms with van der Waals surface area (Å²) in [6.45, 7) is 2.94. The molecule has 2 aromatic carbocycles. The van der Waals surface area contributed by atoms with Crippen LogP contribution in [0.4, 0.5) is 11.4 Å². The lowest BCUT2D eigenvalue weighted by molar-refractivity contribution is -0.144. The van der Waals surface area contributed by atoms with Crippen molar-refractivity contribution < 1.29 is 19.5 Å². The molecule has 0 spiro atoms. The van der Waals surface area contributed by atoms with E-state index < -0.39 is 17.9 Å². The van der Waals surface area contributed by atoms with E-state index in [4.69, 9.17) is 23.2 Å². The van der Waals surface area contributed by atoms with E-state index in [9.17, 15) is 19.5 Å². The highest BCUT2D eigenvalue weighted by atomic mass is 35.5. The van der Waals surface area contributed by atoms with Crippen LogP contribution in [0.2, 0.25) is 10.0 Å². The third-order valence-corrected chi connectivity index (χ3v) is 10.7. The number of benzene rings is 2. The van der Waals surface area contributed by atoms with Gasteiger partial charge in [-0.15, -0.1) is 0 Å². The molecule has 258 valence electrons. The predicted molar refractivity (Wildman–Crippen MR) is 194 cm³/mol. The van der Waals surface area contributed by atoms with Crippen LogP contribution >= 0.6 is 23.2 Å². The van der Waals surface area contributed by atoms with E-state index in [0.717, 1.165) is 74.0 Å². The summed E-state index contributed by atoms with van der Waals surface area (Å²) in [6, 6.07) is 13.8. The first-order valence-corrected chi connectivity index (χ1v) is 17.7. The molecule has 2 fully saturated rings. The number of nitrogens with zero attached hydrogens (tertiary/aromatic N) is 4. The maximum atomic E-state index is 13.5. The van der Waals surface area contributed by atoms with Gasteiger partial charge in [0.1, 0.15) is 17.4 Å². The molecule has 12 heteroatoms. The molecule has 1 unspecified atom stereocenters. The SMILES string of the molecule is CN1CCc2cc(C(=O)Nc3cccc(-c4cccc(NC(=O)c5cc(C6CC6)c(CN6CCCCC6C(=O)O)cn5)c4Cl)c3Cl)ncc2C1. The zero-order valence-electron chi connectivity index (χ0n) is 27.7. The number of fused-ring (bicyclic) bond motifs is 1. The smallest absolute Gasteiger partial charge is 0.320 e. The topological polar surface area (TPSA) is 128 Å². The number of piperidine rings is 1. The number of anilines is 2. The number of aromatic nitrogens is 2. The number of carboxylic acid groups (broad SMARTS) is 1. The molecule has 1 saturated heterocycles. The van der Waals surface area contributed by atoms with Crippen LogP contribution in [0.3, 0.4) is 0 Å². The molecule has 1 atom stereocenters. The minimum atomic E-state index is -0.797. The van der Waals surface area contributed by atoms with E-state index in [-0.39, 0.29) is 16.6 Å². The molecule has 50 heavy (non-hydrogen) atoms. The van der Waals surface area contributed by atoms with E-state index >= 15 is 0 Å². The molecular formula is C38H38Cl2N6O4. The molecule has 2 aromatic heterocycles. The summed E-state index contributed by atoms with van der Waals surface area (Å²) in [6.07, 6.45) is 8.89. The molecule has 4 heterocycles. The third kappa shape index (κ3) is 7.25. The van der Waals surface area contributed by atoms with E-state index in [2.05, 4.69) is 32.5 Å². The summed E-state index contributed by atoms with van der Waals surface area (Å²) in [7, 11) is 2.06. The Morgan fingerprint density at radius 1 is 0.840 bits per heavy atom. The maximum absolute atomic E-state index is 13.5. The fourth-order valence-electron chi connectivity index (χ4n) is 6.96. The summed E-state index contributed by atoms with van der Waals surface area (Å²) < 4.78 is 0. The predicted octanol–water partition coefficient (Wildman–Crippen LogP) is 7.26. The number of amides is 2. The monoisotopic (exact) mass is 712 g/mol. The second kappa shape index (κ2) is 14.5. The Labute approximate surface area is 300 Å². The van der Waals surface area contributed by atoms with Crippen LogP contribution in [0.1, 0.15) is 81.3 Å². The van der Waals surface area contributed by atoms with Gasteiger partial charge < -0.3 is 20.6 Å². The maximum Gasteiger partial charge on any atom is 0.320 e. The summed E-state index contributed by atoms with van der Waals surface area (Å²) in [5.41, 5.74) is 6.80. The van der Waals surface area contributed by atoms with Gasteiger partial charge in [0.15, 0.2) is 0 Å². The number of likely N-dealkylation sites (tertiary alicyclic amines) is 1. The number of pyridine rings is 2. The van der Waals surface area contributed by atoms with Gasteiger partial charge in [-0.25, -0.2) is 0 Å². The highest BCUT2D eigenvalue weighted by Crippen LogP contribution is 2.43. The van der Waals surface area contributed by atoms with Crippen molar-refractivity contribution in [1.29, 1.82) is 0 Å². The van der Waals surface area contributed by atoms with Crippen LogP contribution < -0.4 is 10.6 Å². The van der Waals surface area contributed by atoms with Gasteiger partial charge in [-0.05, 0) is 98.1 Å². The summed E-state index contributed by atoms with van der Waals surface area (Å²) in [4.78, 5) is 51.8. The van der Waals surface area contributed by atoms with Gasteiger partial charge in [0.2, 0.25) is 0 Å². The lowest BCUT2D eigenvalue weighted by atomic mass is 9.99. The van der Waals surface area contributed by atoms with Crippen LogP contribution in [0.15, 0.2) is 60.9 Å². The molecule has 1 aliphatic carbocycles. The first kappa shape index (κ1) is 34.1. The highest BCUT2D eigenvalue weighted by molar-refractivity contribution is 6.40. The largest absolute Gasteiger partial charge is 0.480 e. The standard InChI is InChI=1S/C38H38Cl2N6O4/c1-45-15-13-23-16-31(41-18-24(23)20-45)36(47)43-29-8-4-6-26(34(29)39)27-7-5-9-30(35(27)40)44-37(48)32-17-28(22-11-12-22)25(19-42-32)21-46-14-3-2-10-33(46)38(49)50/h4-9,16-19,22,33H,2-3,10-15,20-21H2,1H3,(H,43,47)(H,44,48)(H,49,50). The molecule has 7 rings (SSSR count). The van der Waals surface area contributed by atoms with Crippen molar-refractivity contribution in [2.75, 3.05) is 30.8 Å². The van der Waals surface area contributed by atoms with Crippen molar-refractivity contribution in [3.05, 3.63) is 105 Å². The zero-order chi connectivity index (χ0) is 34.9. The Hall–Kier alpha value is -4.35. The average molecular weight is 714 g/mol. The van der Waals surface area contributed by atoms with Crippen LogP contribution in [0.25, 0.3) is 11.1 Å². The van der Waals surface area contributed by atoms with Crippen LogP contribution in [0, 0.1) is 0 Å². The number of nitrogens with one attached hydrogen (secondary N) is 2. The Kier molecular flexibility index (Phi) is 9.88. The number of aliphatic carboxylic acids is 1. The summed E-state index contributed by atoms with van der Waals surface area (Å²) in [5, 5.41) is 16.2. The Morgan fingerprint density at radius 3 is 2.12 bits per heavy atom. The molecule has 0 radical (unpaired) electrons. The zero-order valence-corrected chi connectivity index (χ0v) is 29.2. The molecule has 3 aliphatic rings. The summed E-state index contributed by atoms with van der Waals surface area (Å²) in [5.74, 6) is -1.23. The van der Waals surface area contributed by atoms with E-state index in [1.165, 1.54) is 0 Å². The van der Waals surface area contributed by atoms with E-state index in [0.29, 0.717) is 52.1 Å². The first-order valence-electron chi connectivity index (χ1n) is 17.0. The van der Waals surface area contributed by atoms with E-state index in [1.54, 1.807) is 48.8 Å². The van der Waals surface area contributed by atoms with E-state index in [1.807, 2.05) is 17.0 Å². The van der Waals surface area contributed by atoms with Crippen molar-refractivity contribution in [3.8, 4) is 11.1 Å². The molecule has 2 amide bonds. The minimum Gasteiger partial charge on any atom is -0.480 e. The van der Waals surface area contributed by atoms with Crippen molar-refractivity contribution in [3.63, 3.8) is 0 Å². The third-order valence-electron chi connectivity index (χ3n) is 9.85. The molecule has 1 saturated carbocycles. The molecular weight excluding hydrogens is 675 g/mol. The van der Waals surface area contributed by atoms with Gasteiger partial charge in [-0.3, -0.25) is 29.3 Å². The molecule has 0 bridgehead atoms. The van der Waals surface area contributed by atoms with Crippen LogP contribution in [0.5, 0.6) is 0 Å². The number of hydrogen-bond donors (Lipinski definition) is 3. The Bertz CT molecular complexity index is 1980. The molecule has 3 N–H and O–H groups in total. The number of carbonyl (C=O) groups is 3. The van der Waals surface area contributed by atoms with Gasteiger partial charge >= 0.3 is 5.97 Å². The van der Waals surface area contributed by atoms with Crippen molar-refractivity contribution in [2.24, 2.45) is 0 Å². The quantitative estimate of drug-likeness (QED) is 0.166. The van der Waals surface area contributed by atoms with Gasteiger partial charge in [-0.1, -0.05) is 53.9 Å². The van der Waals surface area contributed by atoms with Crippen molar-refractivity contribution >= 4 is 52.4 Å². The first-order chi connectivity index (χ1) is 24.2. The Balaban J connectivity index is 1.08. The molecule has 4 aromatic rings. The van der Waals surface area contributed by atoms with Crippen LogP contribution in [-0.2, 0) is 24.3 Å². The molecule has 2 aliphatic heterocycles. The number of halogens is 2. The van der Waals surface area contributed by atoms with Crippen LogP contribution in [-0.4, -0.2) is 68.8 Å². The van der Waals surface area contributed by atoms with Gasteiger partial charge in [0.05, 0.1) is 21.4 Å². The normalized spacial score (nSPS) is 17.9. The van der Waals surface area contributed by atoms with Gasteiger partial charge in [0.25, 0.3) is 11.8 Å². The van der Waals surface area contributed by atoms with Gasteiger partial charge in [0, 0.05) is 43.2 Å². The van der Waals surface area contributed by atoms with Gasteiger partial charge in [-0.2, -0.15) is 0 Å². The highest BCUT2D eigenvalue weighted by Gasteiger charge is 2.32. The molecule has 10 nitrogen and oxygen atoms in total. The number of hydrogen-bond acceptors (Lipinski definition) is 7. The number of carboxylic acids is 1. The number of carbonyl (C=O) groups excluding carboxylic acids is 2. The minimum absolute atomic E-state index is 0.260. The summed E-state index contributed by atoms with van der Waals surface area (Å²) >= 11 is 13.8. The van der Waals surface area contributed by atoms with Crippen molar-refractivity contribution in [2.45, 2.75) is 63.6 Å².